The van der Waals surface area contributed by atoms with Gasteiger partial charge in [0, 0.05) is 29.5 Å². The fourth-order valence-corrected chi connectivity index (χ4v) is 5.29. The quantitative estimate of drug-likeness (QED) is 0.302. The van der Waals surface area contributed by atoms with Crippen LogP contribution in [0.15, 0.2) is 46.9 Å². The van der Waals surface area contributed by atoms with Crippen LogP contribution in [0.5, 0.6) is 5.75 Å². The van der Waals surface area contributed by atoms with E-state index in [1.807, 2.05) is 37.3 Å². The molecule has 7 heteroatoms. The van der Waals surface area contributed by atoms with Crippen molar-refractivity contribution in [3.63, 3.8) is 0 Å². The van der Waals surface area contributed by atoms with Crippen LogP contribution in [0.4, 0.5) is 0 Å². The van der Waals surface area contributed by atoms with E-state index in [0.717, 1.165) is 56.4 Å². The average Bonchev–Trinajstić information content (AvgIpc) is 3.51. The molecule has 7 nitrogen and oxygen atoms in total. The van der Waals surface area contributed by atoms with Crippen molar-refractivity contribution in [3.8, 4) is 17.1 Å². The van der Waals surface area contributed by atoms with Gasteiger partial charge in [-0.25, -0.2) is 4.79 Å². The molecule has 1 aliphatic heterocycles. The van der Waals surface area contributed by atoms with E-state index in [0.29, 0.717) is 47.7 Å². The Morgan fingerprint density at radius 1 is 1.05 bits per heavy atom. The number of furan rings is 1. The maximum Gasteiger partial charge on any atom is 0.342 e. The van der Waals surface area contributed by atoms with Crippen LogP contribution in [0.1, 0.15) is 61.9 Å². The van der Waals surface area contributed by atoms with Crippen molar-refractivity contribution in [2.75, 3.05) is 32.8 Å². The molecular formula is C30H37NO6. The Morgan fingerprint density at radius 3 is 2.59 bits per heavy atom. The summed E-state index contributed by atoms with van der Waals surface area (Å²) in [6.07, 6.45) is 5.00. The highest BCUT2D eigenvalue weighted by molar-refractivity contribution is 6.10. The predicted molar refractivity (Wildman–Crippen MR) is 143 cm³/mol. The predicted octanol–water partition coefficient (Wildman–Crippen LogP) is 5.97. The third-order valence-electron chi connectivity index (χ3n) is 7.02. The number of fused-ring (bicyclic) bond motifs is 1. The normalized spacial score (nSPS) is 15.8. The van der Waals surface area contributed by atoms with Gasteiger partial charge < -0.3 is 23.9 Å². The highest BCUT2D eigenvalue weighted by Gasteiger charge is 2.27. The molecular weight excluding hydrogens is 470 g/mol. The van der Waals surface area contributed by atoms with Gasteiger partial charge in [-0.3, -0.25) is 4.79 Å². The minimum atomic E-state index is -0.447. The van der Waals surface area contributed by atoms with Crippen LogP contribution in [0, 0.1) is 5.92 Å². The zero-order valence-electron chi connectivity index (χ0n) is 21.8. The first-order chi connectivity index (χ1) is 18.0. The molecule has 1 saturated heterocycles. The molecule has 0 radical (unpaired) electrons. The first-order valence-corrected chi connectivity index (χ1v) is 13.4. The van der Waals surface area contributed by atoms with Crippen LogP contribution in [0.3, 0.4) is 0 Å². The summed E-state index contributed by atoms with van der Waals surface area (Å²) >= 11 is 0. The van der Waals surface area contributed by atoms with Gasteiger partial charge in [0.2, 0.25) is 0 Å². The summed E-state index contributed by atoms with van der Waals surface area (Å²) in [7, 11) is 0. The van der Waals surface area contributed by atoms with Crippen LogP contribution in [-0.2, 0) is 20.7 Å². The van der Waals surface area contributed by atoms with Gasteiger partial charge >= 0.3 is 11.9 Å². The van der Waals surface area contributed by atoms with Crippen LogP contribution < -0.4 is 0 Å². The molecule has 0 bridgehead atoms. The second kappa shape index (κ2) is 12.8. The number of likely N-dealkylation sites (tertiary alicyclic amines) is 1. The molecule has 37 heavy (non-hydrogen) atoms. The Morgan fingerprint density at radius 2 is 1.84 bits per heavy atom. The van der Waals surface area contributed by atoms with Crippen molar-refractivity contribution < 1.29 is 28.6 Å². The molecule has 0 amide bonds. The van der Waals surface area contributed by atoms with E-state index in [9.17, 15) is 14.7 Å². The summed E-state index contributed by atoms with van der Waals surface area (Å²) in [5, 5.41) is 11.4. The van der Waals surface area contributed by atoms with Crippen LogP contribution >= 0.6 is 0 Å². The Balaban J connectivity index is 1.45. The first-order valence-electron chi connectivity index (χ1n) is 13.4. The zero-order chi connectivity index (χ0) is 26.2. The molecule has 198 valence electrons. The highest BCUT2D eigenvalue weighted by Crippen LogP contribution is 2.39. The van der Waals surface area contributed by atoms with E-state index in [4.69, 9.17) is 13.9 Å². The minimum absolute atomic E-state index is 0.108. The second-order valence-electron chi connectivity index (χ2n) is 9.59. The SMILES string of the molecule is CCOC(=O)CCCC1CCN(CCCc2c(O)ccc3oc(-c4ccccc4)c(C(=O)OCC)c23)C1. The lowest BCUT2D eigenvalue weighted by molar-refractivity contribution is -0.143. The van der Waals surface area contributed by atoms with Crippen molar-refractivity contribution in [1.29, 1.82) is 0 Å². The highest BCUT2D eigenvalue weighted by atomic mass is 16.5. The minimum Gasteiger partial charge on any atom is -0.508 e. The molecule has 0 aliphatic carbocycles. The van der Waals surface area contributed by atoms with Crippen LogP contribution in [0.25, 0.3) is 22.3 Å². The lowest BCUT2D eigenvalue weighted by Crippen LogP contribution is -2.22. The van der Waals surface area contributed by atoms with Gasteiger partial charge in [-0.05, 0) is 77.1 Å². The van der Waals surface area contributed by atoms with Crippen molar-refractivity contribution >= 4 is 22.9 Å². The number of carbonyl (C=O) groups excluding carboxylic acids is 2. The standard InChI is InChI=1S/C30H37NO6/c1-3-35-26(33)14-8-10-21-17-19-31(20-21)18-9-13-23-24(32)15-16-25-27(23)28(30(34)36-4-2)29(37-25)22-11-6-5-7-12-22/h5-7,11-12,15-16,21,32H,3-4,8-10,13-14,17-20H2,1-2H3. The number of phenols is 1. The van der Waals surface area contributed by atoms with Gasteiger partial charge in [0.15, 0.2) is 0 Å². The monoisotopic (exact) mass is 507 g/mol. The molecule has 0 saturated carbocycles. The summed E-state index contributed by atoms with van der Waals surface area (Å²) in [5.41, 5.74) is 2.45. The van der Waals surface area contributed by atoms with E-state index in [-0.39, 0.29) is 18.3 Å². The van der Waals surface area contributed by atoms with Crippen molar-refractivity contribution in [3.05, 3.63) is 53.6 Å². The zero-order valence-corrected chi connectivity index (χ0v) is 21.8. The number of benzene rings is 2. The van der Waals surface area contributed by atoms with E-state index in [2.05, 4.69) is 4.90 Å². The van der Waals surface area contributed by atoms with E-state index in [1.54, 1.807) is 19.1 Å². The van der Waals surface area contributed by atoms with Crippen molar-refractivity contribution in [2.24, 2.45) is 5.92 Å². The summed E-state index contributed by atoms with van der Waals surface area (Å²) in [6, 6.07) is 12.9. The molecule has 1 fully saturated rings. The van der Waals surface area contributed by atoms with E-state index >= 15 is 0 Å². The van der Waals surface area contributed by atoms with Crippen molar-refractivity contribution in [1.82, 2.24) is 4.90 Å². The third-order valence-corrected chi connectivity index (χ3v) is 7.02. The fraction of sp³-hybridized carbons (Fsp3) is 0.467. The van der Waals surface area contributed by atoms with E-state index in [1.165, 1.54) is 0 Å². The molecule has 1 aliphatic rings. The number of aromatic hydroxyl groups is 1. The summed E-state index contributed by atoms with van der Waals surface area (Å²) in [5.74, 6) is 0.673. The topological polar surface area (TPSA) is 89.2 Å². The van der Waals surface area contributed by atoms with Gasteiger partial charge in [-0.1, -0.05) is 30.3 Å². The van der Waals surface area contributed by atoms with Crippen LogP contribution in [-0.4, -0.2) is 54.8 Å². The van der Waals surface area contributed by atoms with Gasteiger partial charge in [0.05, 0.1) is 13.2 Å². The molecule has 1 aromatic heterocycles. The fourth-order valence-electron chi connectivity index (χ4n) is 5.29. The number of rotatable bonds is 12. The lowest BCUT2D eigenvalue weighted by atomic mass is 9.98. The number of hydrogen-bond acceptors (Lipinski definition) is 7. The molecule has 1 N–H and O–H groups in total. The average molecular weight is 508 g/mol. The number of aryl methyl sites for hydroxylation is 1. The van der Waals surface area contributed by atoms with E-state index < -0.39 is 5.97 Å². The van der Waals surface area contributed by atoms with Gasteiger partial charge in [-0.15, -0.1) is 0 Å². The van der Waals surface area contributed by atoms with Crippen molar-refractivity contribution in [2.45, 2.75) is 52.4 Å². The Hall–Kier alpha value is -3.32. The number of carbonyl (C=O) groups is 2. The number of phenolic OH excluding ortho intramolecular Hbond substituents is 1. The van der Waals surface area contributed by atoms with Gasteiger partial charge in [-0.2, -0.15) is 0 Å². The first kappa shape index (κ1) is 26.7. The lowest BCUT2D eigenvalue weighted by Gasteiger charge is -2.16. The molecule has 4 rings (SSSR count). The molecule has 3 aromatic rings. The van der Waals surface area contributed by atoms with Gasteiger partial charge in [0.25, 0.3) is 0 Å². The molecule has 1 unspecified atom stereocenters. The molecule has 2 aromatic carbocycles. The maximum atomic E-state index is 13.1. The number of esters is 2. The third kappa shape index (κ3) is 6.52. The maximum absolute atomic E-state index is 13.1. The largest absolute Gasteiger partial charge is 0.508 e. The molecule has 1 atom stereocenters. The molecule has 0 spiro atoms. The van der Waals surface area contributed by atoms with Gasteiger partial charge in [0.1, 0.15) is 22.7 Å². The number of hydrogen-bond donors (Lipinski definition) is 1. The molecule has 2 heterocycles. The Kier molecular flexibility index (Phi) is 9.23. The number of nitrogens with zero attached hydrogens (tertiary/aromatic N) is 1. The summed E-state index contributed by atoms with van der Waals surface area (Å²) < 4.78 is 16.6. The Bertz CT molecular complexity index is 1200. The van der Waals surface area contributed by atoms with Crippen LogP contribution in [0.2, 0.25) is 0 Å². The summed E-state index contributed by atoms with van der Waals surface area (Å²) in [4.78, 5) is 27.1. The Labute approximate surface area is 218 Å². The smallest absolute Gasteiger partial charge is 0.342 e. The second-order valence-corrected chi connectivity index (χ2v) is 9.59. The summed E-state index contributed by atoms with van der Waals surface area (Å²) in [6.45, 7) is 7.27. The number of ether oxygens (including phenoxy) is 2.